The highest BCUT2D eigenvalue weighted by molar-refractivity contribution is 14.1. The van der Waals surface area contributed by atoms with Crippen molar-refractivity contribution in [3.8, 4) is 0 Å². The summed E-state index contributed by atoms with van der Waals surface area (Å²) in [6, 6.07) is 0. The molecule has 0 aliphatic carbocycles. The highest BCUT2D eigenvalue weighted by atomic mass is 127. The van der Waals surface area contributed by atoms with Crippen LogP contribution in [0.15, 0.2) is 0 Å². The minimum atomic E-state index is 0.0365. The summed E-state index contributed by atoms with van der Waals surface area (Å²) >= 11 is 2.37. The first-order valence-corrected chi connectivity index (χ1v) is 8.43. The van der Waals surface area contributed by atoms with Crippen molar-refractivity contribution in [2.24, 2.45) is 5.41 Å². The van der Waals surface area contributed by atoms with Gasteiger partial charge in [-0.25, -0.2) is 9.97 Å². The molecule has 4 heteroatoms. The number of anilines is 1. The second-order valence-electron chi connectivity index (χ2n) is 7.57. The lowest BCUT2D eigenvalue weighted by Gasteiger charge is -2.24. The number of hydrogen-bond acceptors (Lipinski definition) is 3. The van der Waals surface area contributed by atoms with Crippen LogP contribution in [0, 0.1) is 8.99 Å². The van der Waals surface area contributed by atoms with Gasteiger partial charge in [0.1, 0.15) is 11.6 Å². The summed E-state index contributed by atoms with van der Waals surface area (Å²) in [5, 5.41) is 3.44. The Kier molecular flexibility index (Phi) is 5.81. The molecule has 0 aliphatic heterocycles. The number of hydrogen-bond donors (Lipinski definition) is 1. The fraction of sp³-hybridized carbons (Fsp3) is 0.750. The van der Waals surface area contributed by atoms with Gasteiger partial charge in [-0.05, 0) is 34.4 Å². The Morgan fingerprint density at radius 2 is 1.65 bits per heavy atom. The summed E-state index contributed by atoms with van der Waals surface area (Å²) in [4.78, 5) is 9.58. The van der Waals surface area contributed by atoms with Gasteiger partial charge in [0.05, 0.1) is 9.26 Å². The topological polar surface area (TPSA) is 37.8 Å². The van der Waals surface area contributed by atoms with Crippen molar-refractivity contribution in [2.75, 3.05) is 11.9 Å². The van der Waals surface area contributed by atoms with Crippen molar-refractivity contribution < 1.29 is 0 Å². The second kappa shape index (κ2) is 6.58. The molecule has 1 heterocycles. The van der Waals surface area contributed by atoms with Crippen molar-refractivity contribution in [1.29, 1.82) is 0 Å². The van der Waals surface area contributed by atoms with Gasteiger partial charge < -0.3 is 5.32 Å². The van der Waals surface area contributed by atoms with Crippen LogP contribution in [0.4, 0.5) is 5.82 Å². The summed E-state index contributed by atoms with van der Waals surface area (Å²) in [7, 11) is 0. The van der Waals surface area contributed by atoms with E-state index in [1.807, 2.05) is 0 Å². The first kappa shape index (κ1) is 17.7. The smallest absolute Gasteiger partial charge is 0.143 e. The number of nitrogens with one attached hydrogen (secondary N) is 1. The average Bonchev–Trinajstić information content (AvgIpc) is 2.26. The monoisotopic (exact) mass is 389 g/mol. The lowest BCUT2D eigenvalue weighted by atomic mass is 9.90. The van der Waals surface area contributed by atoms with E-state index in [0.717, 1.165) is 40.3 Å². The van der Waals surface area contributed by atoms with E-state index in [1.54, 1.807) is 0 Å². The minimum absolute atomic E-state index is 0.0365. The third kappa shape index (κ3) is 5.19. The fourth-order valence-corrected chi connectivity index (χ4v) is 3.15. The highest BCUT2D eigenvalue weighted by Crippen LogP contribution is 2.30. The van der Waals surface area contributed by atoms with Gasteiger partial charge in [-0.1, -0.05) is 48.5 Å². The predicted molar refractivity (Wildman–Crippen MR) is 95.4 cm³/mol. The molecule has 0 radical (unpaired) electrons. The first-order chi connectivity index (χ1) is 9.04. The van der Waals surface area contributed by atoms with Gasteiger partial charge in [0.15, 0.2) is 0 Å². The molecule has 1 N–H and O–H groups in total. The molecular formula is C16H28IN3. The quantitative estimate of drug-likeness (QED) is 0.753. The van der Waals surface area contributed by atoms with Crippen LogP contribution in [-0.4, -0.2) is 16.5 Å². The Bertz CT molecular complexity index is 456. The molecule has 0 saturated carbocycles. The van der Waals surface area contributed by atoms with Crippen LogP contribution in [0.3, 0.4) is 0 Å². The Balaban J connectivity index is 3.26. The van der Waals surface area contributed by atoms with E-state index in [2.05, 4.69) is 76.4 Å². The van der Waals surface area contributed by atoms with Crippen molar-refractivity contribution in [3.05, 3.63) is 15.1 Å². The molecule has 114 valence electrons. The van der Waals surface area contributed by atoms with E-state index in [0.29, 0.717) is 0 Å². The molecule has 1 aromatic heterocycles. The van der Waals surface area contributed by atoms with E-state index < -0.39 is 0 Å². The van der Waals surface area contributed by atoms with E-state index in [1.165, 1.54) is 0 Å². The van der Waals surface area contributed by atoms with Gasteiger partial charge in [0.2, 0.25) is 0 Å². The van der Waals surface area contributed by atoms with Crippen molar-refractivity contribution >= 4 is 28.4 Å². The zero-order valence-electron chi connectivity index (χ0n) is 13.9. The van der Waals surface area contributed by atoms with Crippen LogP contribution in [0.2, 0.25) is 0 Å². The first-order valence-electron chi connectivity index (χ1n) is 7.35. The SMILES string of the molecule is CCCNc1nc(CC(C)(C)C)nc(C(C)(C)C)c1I. The number of halogens is 1. The molecular weight excluding hydrogens is 361 g/mol. The molecule has 0 bridgehead atoms. The van der Waals surface area contributed by atoms with Gasteiger partial charge in [-0.2, -0.15) is 0 Å². The fourth-order valence-electron chi connectivity index (χ4n) is 1.90. The van der Waals surface area contributed by atoms with Crippen LogP contribution in [-0.2, 0) is 11.8 Å². The predicted octanol–water partition coefficient (Wildman–Crippen LogP) is 4.79. The Hall–Kier alpha value is -0.390. The van der Waals surface area contributed by atoms with Crippen LogP contribution in [0.25, 0.3) is 0 Å². The molecule has 0 amide bonds. The normalized spacial score (nSPS) is 12.6. The van der Waals surface area contributed by atoms with Crippen molar-refractivity contribution in [3.63, 3.8) is 0 Å². The number of aromatic nitrogens is 2. The summed E-state index contributed by atoms with van der Waals surface area (Å²) in [6.07, 6.45) is 1.99. The lowest BCUT2D eigenvalue weighted by molar-refractivity contribution is 0.398. The molecule has 1 aromatic rings. The van der Waals surface area contributed by atoms with Gasteiger partial charge >= 0.3 is 0 Å². The van der Waals surface area contributed by atoms with E-state index in [4.69, 9.17) is 9.97 Å². The lowest BCUT2D eigenvalue weighted by Crippen LogP contribution is -2.22. The molecule has 0 unspecified atom stereocenters. The third-order valence-electron chi connectivity index (χ3n) is 2.84. The standard InChI is InChI=1S/C16H28IN3/c1-8-9-18-14-12(17)13(16(5,6)7)19-11(20-14)10-15(2,3)4/h8-10H2,1-7H3,(H,18,19,20). The third-order valence-corrected chi connectivity index (χ3v) is 3.86. The summed E-state index contributed by atoms with van der Waals surface area (Å²) < 4.78 is 1.15. The Morgan fingerprint density at radius 1 is 1.05 bits per heavy atom. The summed E-state index contributed by atoms with van der Waals surface area (Å²) in [6.45, 7) is 16.4. The Morgan fingerprint density at radius 3 is 2.10 bits per heavy atom. The molecule has 0 spiro atoms. The molecule has 1 rings (SSSR count). The van der Waals surface area contributed by atoms with Crippen LogP contribution in [0.1, 0.15) is 66.4 Å². The maximum Gasteiger partial charge on any atom is 0.143 e. The molecule has 3 nitrogen and oxygen atoms in total. The average molecular weight is 389 g/mol. The highest BCUT2D eigenvalue weighted by Gasteiger charge is 2.24. The van der Waals surface area contributed by atoms with Gasteiger partial charge in [-0.15, -0.1) is 0 Å². The maximum atomic E-state index is 4.84. The van der Waals surface area contributed by atoms with Crippen molar-refractivity contribution in [2.45, 2.75) is 66.7 Å². The van der Waals surface area contributed by atoms with E-state index in [9.17, 15) is 0 Å². The zero-order valence-corrected chi connectivity index (χ0v) is 16.1. The van der Waals surface area contributed by atoms with Gasteiger partial charge in [-0.3, -0.25) is 0 Å². The van der Waals surface area contributed by atoms with Crippen molar-refractivity contribution in [1.82, 2.24) is 9.97 Å². The summed E-state index contributed by atoms with van der Waals surface area (Å²) in [5.41, 5.74) is 1.38. The Labute approximate surface area is 137 Å². The molecule has 0 fully saturated rings. The molecule has 0 atom stereocenters. The number of rotatable bonds is 4. The summed E-state index contributed by atoms with van der Waals surface area (Å²) in [5.74, 6) is 1.94. The number of nitrogens with zero attached hydrogens (tertiary/aromatic N) is 2. The van der Waals surface area contributed by atoms with E-state index >= 15 is 0 Å². The zero-order chi connectivity index (χ0) is 15.6. The van der Waals surface area contributed by atoms with Crippen LogP contribution in [0.5, 0.6) is 0 Å². The maximum absolute atomic E-state index is 4.84. The van der Waals surface area contributed by atoms with E-state index in [-0.39, 0.29) is 10.8 Å². The minimum Gasteiger partial charge on any atom is -0.369 e. The molecule has 0 aromatic carbocycles. The van der Waals surface area contributed by atoms with Crippen LogP contribution < -0.4 is 5.32 Å². The second-order valence-corrected chi connectivity index (χ2v) is 8.64. The van der Waals surface area contributed by atoms with Gasteiger partial charge in [0.25, 0.3) is 0 Å². The molecule has 20 heavy (non-hydrogen) atoms. The molecule has 0 aliphatic rings. The molecule has 0 saturated heterocycles. The van der Waals surface area contributed by atoms with Crippen LogP contribution >= 0.6 is 22.6 Å². The largest absolute Gasteiger partial charge is 0.369 e. The van der Waals surface area contributed by atoms with Gasteiger partial charge in [0, 0.05) is 18.4 Å².